The van der Waals surface area contributed by atoms with Gasteiger partial charge in [-0.25, -0.2) is 0 Å². The third kappa shape index (κ3) is 32.3. The average molecular weight is 1220 g/mol. The normalized spacial score (nSPS) is 12.1. The van der Waals surface area contributed by atoms with Gasteiger partial charge >= 0.3 is 85.5 Å². The zero-order chi connectivity index (χ0) is 54.9. The first-order valence-electron chi connectivity index (χ1n) is 20.7. The van der Waals surface area contributed by atoms with Crippen LogP contribution in [0.15, 0.2) is 183 Å². The number of nitrogens with zero attached hydrogens (tertiary/aromatic N) is 6. The Kier molecular flexibility index (Phi) is 23.8. The first-order valence-corrected chi connectivity index (χ1v) is 25.8. The summed E-state index contributed by atoms with van der Waals surface area (Å²) in [6.07, 6.45) is 21.3. The molecule has 25 heteroatoms. The number of terminal acetylenes is 2. The fourth-order valence-corrected chi connectivity index (χ4v) is 5.27. The van der Waals surface area contributed by atoms with Crippen LogP contribution < -0.4 is 9.47 Å². The summed E-state index contributed by atoms with van der Waals surface area (Å²) >= 11 is 10.1. The third-order valence-corrected chi connectivity index (χ3v) is 8.60. The van der Waals surface area contributed by atoms with Crippen molar-refractivity contribution in [2.75, 3.05) is 25.0 Å². The van der Waals surface area contributed by atoms with Crippen molar-refractivity contribution in [2.24, 2.45) is 0 Å². The molecule has 8 aromatic rings. The van der Waals surface area contributed by atoms with E-state index in [1.807, 2.05) is 158 Å². The van der Waals surface area contributed by atoms with E-state index in [4.69, 9.17) is 45.5 Å². The van der Waals surface area contributed by atoms with Gasteiger partial charge in [-0.3, -0.25) is 29.9 Å². The van der Waals surface area contributed by atoms with E-state index >= 15 is 0 Å². The molecule has 2 aromatic carbocycles. The van der Waals surface area contributed by atoms with Crippen LogP contribution in [-0.2, 0) is 19.5 Å². The van der Waals surface area contributed by atoms with Gasteiger partial charge in [-0.15, -0.1) is 36.0 Å². The summed E-state index contributed by atoms with van der Waals surface area (Å²) in [4.78, 5) is 25.9. The second-order valence-electron chi connectivity index (χ2n) is 14.1. The van der Waals surface area contributed by atoms with Crippen molar-refractivity contribution < 1.29 is 79.3 Å². The van der Waals surface area contributed by atoms with Gasteiger partial charge in [0.25, 0.3) is 0 Å². The Morgan fingerprint density at radius 1 is 0.373 bits per heavy atom. The number of pyridine rings is 6. The van der Waals surface area contributed by atoms with Crippen molar-refractivity contribution in [1.29, 1.82) is 0 Å². The van der Waals surface area contributed by atoms with Crippen molar-refractivity contribution >= 4 is 38.8 Å². The van der Waals surface area contributed by atoms with Gasteiger partial charge in [0.2, 0.25) is 0 Å². The van der Waals surface area contributed by atoms with Crippen molar-refractivity contribution in [3.8, 4) is 92.6 Å². The van der Waals surface area contributed by atoms with E-state index in [2.05, 4.69) is 41.7 Å². The fraction of sp³-hybridized carbons (Fsp3) is 0.0800. The molecule has 6 aromatic heterocycles. The van der Waals surface area contributed by atoms with Crippen LogP contribution in [0, 0.1) is 24.7 Å². The summed E-state index contributed by atoms with van der Waals surface area (Å²) in [5.41, 5.74) is 9.24. The molecule has 8 nitrogen and oxygen atoms in total. The molecule has 0 unspecified atom stereocenters. The molecular weight excluding hydrogens is 1180 g/mol. The zero-order valence-electron chi connectivity index (χ0n) is 38.3. The second-order valence-corrected chi connectivity index (χ2v) is 18.6. The van der Waals surface area contributed by atoms with Gasteiger partial charge in [0.15, 0.2) is 0 Å². The first kappa shape index (κ1) is 64.4. The molecule has 0 amide bonds. The molecule has 0 fully saturated rings. The summed E-state index contributed by atoms with van der Waals surface area (Å²) in [5, 5.41) is 0. The molecule has 0 saturated heterocycles. The molecule has 0 aliphatic rings. The third-order valence-electron chi connectivity index (χ3n) is 8.02. The van der Waals surface area contributed by atoms with Crippen LogP contribution in [0.1, 0.15) is 0 Å². The van der Waals surface area contributed by atoms with Gasteiger partial charge < -0.3 is 9.47 Å². The van der Waals surface area contributed by atoms with Crippen LogP contribution in [0.2, 0.25) is 0 Å². The monoisotopic (exact) mass is 1220 g/mol. The Bertz CT molecular complexity index is 2730. The maximum absolute atomic E-state index is 10.7. The minimum Gasteiger partial charge on any atom is -0.255 e. The fourth-order valence-electron chi connectivity index (χ4n) is 5.27. The summed E-state index contributed by atoms with van der Waals surface area (Å²) in [6.45, 7) is 0.481. The largest absolute Gasteiger partial charge is 2.00 e. The van der Waals surface area contributed by atoms with E-state index in [0.29, 0.717) is 11.8 Å². The molecule has 398 valence electrons. The van der Waals surface area contributed by atoms with E-state index in [0.717, 1.165) is 67.9 Å². The summed E-state index contributed by atoms with van der Waals surface area (Å²) in [6, 6.07) is 46.7. The van der Waals surface area contributed by atoms with E-state index < -0.39 is 15.6 Å². The topological polar surface area (TPSA) is 95.8 Å². The predicted octanol–water partition coefficient (Wildman–Crippen LogP) is 18.0. The molecule has 0 N–H and O–H groups in total. The van der Waals surface area contributed by atoms with Crippen LogP contribution in [0.3, 0.4) is 0 Å². The molecule has 75 heavy (non-hydrogen) atoms. The van der Waals surface area contributed by atoms with Gasteiger partial charge in [-0.1, -0.05) is 72.5 Å². The molecule has 0 saturated carbocycles. The van der Waals surface area contributed by atoms with Gasteiger partial charge in [0.05, 0.1) is 34.2 Å². The minimum absolute atomic E-state index is 0. The van der Waals surface area contributed by atoms with Gasteiger partial charge in [0, 0.05) is 60.1 Å². The zero-order valence-corrected chi connectivity index (χ0v) is 43.4. The number of alkyl halides is 2. The molecule has 0 radical (unpaired) electrons. The van der Waals surface area contributed by atoms with E-state index in [1.165, 1.54) is 0 Å². The van der Waals surface area contributed by atoms with Crippen LogP contribution in [0.4, 0.5) is 50.4 Å². The maximum atomic E-state index is 9.87. The Morgan fingerprint density at radius 3 is 0.867 bits per heavy atom. The average Bonchev–Trinajstić information content (AvgIpc) is 3.37. The molecular formula is C50H40Cl2F12N6O2P2Ru. The van der Waals surface area contributed by atoms with Crippen molar-refractivity contribution in [2.45, 2.75) is 0 Å². The van der Waals surface area contributed by atoms with Crippen molar-refractivity contribution in [3.63, 3.8) is 0 Å². The van der Waals surface area contributed by atoms with Crippen molar-refractivity contribution in [1.82, 2.24) is 29.9 Å². The quantitative estimate of drug-likeness (QED) is 0.0439. The second kappa shape index (κ2) is 27.7. The Hall–Kier alpha value is -6.72. The summed E-state index contributed by atoms with van der Waals surface area (Å²) in [7, 11) is -21.3. The van der Waals surface area contributed by atoms with Gasteiger partial charge in [-0.2, -0.15) is 0 Å². The van der Waals surface area contributed by atoms with Gasteiger partial charge in [0.1, 0.15) is 24.7 Å². The number of rotatable bonds is 10. The Morgan fingerprint density at radius 2 is 0.653 bits per heavy atom. The molecule has 0 aliphatic heterocycles. The standard InChI is InChI=1S/C28H20N2O2.2C10H8N2.C2H4Cl2.2F6P.Ru/c1-3-15-31-25-9-5-7-21(17-25)23-11-13-27(29-19-23)28-14-12-24(20-30-28)22-8-6-10-26(18-22)32-16-4-2;2*1-3-7-11-9(5-1)10-6-2-4-8-12-10;3-1-2-4;2*1-7(2,3,4,5)6;/h1-2,5-14,17-20H,15-16H2;2*1-8H;1-2H2;;;/q;;;;2*-1;+2. The number of hydrogen-bond donors (Lipinski definition) is 0. The Labute approximate surface area is 446 Å². The van der Waals surface area contributed by atoms with Gasteiger partial charge in [-0.05, 0) is 96.1 Å². The van der Waals surface area contributed by atoms with Crippen LogP contribution in [0.25, 0.3) is 56.4 Å². The molecule has 0 atom stereocenters. The maximum Gasteiger partial charge on any atom is 2.00 e. The van der Waals surface area contributed by atoms with Crippen molar-refractivity contribution in [3.05, 3.63) is 183 Å². The molecule has 0 bridgehead atoms. The SMILES string of the molecule is C#CCOc1cccc(-c2ccc(-c3ccc(-c4cccc(OCC#C)c4)cn3)nc2)c1.ClCCCl.F[P-](F)(F)(F)(F)F.F[P-](F)(F)(F)(F)F.[Ru+2].c1ccc(-c2ccccn2)nc1.c1ccc(-c2ccccn2)nc1. The van der Waals surface area contributed by atoms with Crippen LogP contribution >= 0.6 is 38.8 Å². The number of ether oxygens (including phenoxy) is 2. The summed E-state index contributed by atoms with van der Waals surface area (Å²) in [5.74, 6) is 7.52. The Balaban J connectivity index is 0.000000366. The number of benzene rings is 2. The smallest absolute Gasteiger partial charge is 0.255 e. The molecule has 6 heterocycles. The minimum atomic E-state index is -10.7. The molecule has 8 rings (SSSR count). The van der Waals surface area contributed by atoms with E-state index in [-0.39, 0.29) is 32.7 Å². The summed E-state index contributed by atoms with van der Waals surface area (Å²) < 4.78 is 129. The number of halogens is 14. The van der Waals surface area contributed by atoms with Crippen LogP contribution in [0.5, 0.6) is 11.5 Å². The number of aromatic nitrogens is 6. The van der Waals surface area contributed by atoms with E-state index in [1.54, 1.807) is 24.8 Å². The first-order chi connectivity index (χ1) is 34.5. The predicted molar refractivity (Wildman–Crippen MR) is 271 cm³/mol. The van der Waals surface area contributed by atoms with Crippen LogP contribution in [-0.4, -0.2) is 54.9 Å². The molecule has 0 aliphatic carbocycles. The van der Waals surface area contributed by atoms with E-state index in [9.17, 15) is 50.4 Å². The number of hydrogen-bond acceptors (Lipinski definition) is 8. The molecule has 0 spiro atoms.